The van der Waals surface area contributed by atoms with Crippen LogP contribution in [0.5, 0.6) is 0 Å². The van der Waals surface area contributed by atoms with Crippen LogP contribution in [0.15, 0.2) is 10.9 Å². The molecule has 2 N–H and O–H groups in total. The van der Waals surface area contributed by atoms with Crippen LogP contribution in [0.25, 0.3) is 23.5 Å². The maximum atomic E-state index is 13.0. The Kier molecular flexibility index (Phi) is 3.41. The number of aliphatic hydroxyl groups is 2. The lowest BCUT2D eigenvalue weighted by molar-refractivity contribution is -0.157. The van der Waals surface area contributed by atoms with Gasteiger partial charge in [0.05, 0.1) is 34.9 Å². The molecule has 0 saturated carbocycles. The van der Waals surface area contributed by atoms with Crippen LogP contribution in [-0.4, -0.2) is 31.8 Å². The number of aromatic nitrogens is 2. The lowest BCUT2D eigenvalue weighted by Crippen LogP contribution is -2.37. The molecule has 0 spiro atoms. The topological polar surface area (TPSA) is 102 Å². The van der Waals surface area contributed by atoms with E-state index in [0.29, 0.717) is 35.5 Å². The molecule has 2 aromatic heterocycles. The predicted octanol–water partition coefficient (Wildman–Crippen LogP) is -0.750. The first kappa shape index (κ1) is 16.4. The fourth-order valence-corrected chi connectivity index (χ4v) is 4.29. The number of cyclic esters (lactones) is 1. The molecule has 5 rings (SSSR count). The van der Waals surface area contributed by atoms with Gasteiger partial charge in [-0.1, -0.05) is 13.0 Å². The van der Waals surface area contributed by atoms with Gasteiger partial charge in [-0.3, -0.25) is 4.79 Å². The van der Waals surface area contributed by atoms with E-state index >= 15 is 0 Å². The van der Waals surface area contributed by atoms with E-state index in [4.69, 9.17) is 9.72 Å². The van der Waals surface area contributed by atoms with Crippen molar-refractivity contribution in [1.29, 1.82) is 0 Å². The molecule has 2 atom stereocenters. The summed E-state index contributed by atoms with van der Waals surface area (Å²) in [7, 11) is 0. The second-order valence-electron chi connectivity index (χ2n) is 7.11. The molecule has 27 heavy (non-hydrogen) atoms. The van der Waals surface area contributed by atoms with Gasteiger partial charge in [0.25, 0.3) is 5.56 Å². The van der Waals surface area contributed by atoms with Crippen LogP contribution in [0.3, 0.4) is 0 Å². The first-order chi connectivity index (χ1) is 13.0. The zero-order valence-electron chi connectivity index (χ0n) is 14.7. The molecule has 0 amide bonds. The first-order valence-electron chi connectivity index (χ1n) is 9.03. The Hall–Kier alpha value is -2.77. The normalized spacial score (nSPS) is 22.0. The Morgan fingerprint density at radius 3 is 2.89 bits per heavy atom. The van der Waals surface area contributed by atoms with Crippen molar-refractivity contribution < 1.29 is 19.7 Å². The first-order valence-corrected chi connectivity index (χ1v) is 9.03. The highest BCUT2D eigenvalue weighted by Gasteiger charge is 2.34. The number of fused-ring (bicyclic) bond motifs is 5. The van der Waals surface area contributed by atoms with Gasteiger partial charge in [0.2, 0.25) is 0 Å². The Labute approximate surface area is 153 Å². The SMILES string of the molecule is CCc1c2c(nc3c1=CC(O)CC=3)-c1cc3c(c(=O)n1C2)COC(=O)[C@H]3O. The van der Waals surface area contributed by atoms with E-state index in [1.807, 2.05) is 19.1 Å². The number of hydrogen-bond donors (Lipinski definition) is 2. The fraction of sp³-hybridized carbons (Fsp3) is 0.350. The van der Waals surface area contributed by atoms with E-state index in [0.717, 1.165) is 28.1 Å². The molecule has 4 heterocycles. The third kappa shape index (κ3) is 2.18. The number of aliphatic hydroxyl groups excluding tert-OH is 2. The van der Waals surface area contributed by atoms with E-state index in [-0.39, 0.29) is 12.2 Å². The quantitative estimate of drug-likeness (QED) is 0.550. The Morgan fingerprint density at radius 1 is 1.30 bits per heavy atom. The average molecular weight is 366 g/mol. The fourth-order valence-electron chi connectivity index (χ4n) is 4.29. The van der Waals surface area contributed by atoms with Crippen molar-refractivity contribution in [3.8, 4) is 11.4 Å². The summed E-state index contributed by atoms with van der Waals surface area (Å²) in [5, 5.41) is 21.9. The highest BCUT2D eigenvalue weighted by Crippen LogP contribution is 2.33. The highest BCUT2D eigenvalue weighted by atomic mass is 16.5. The summed E-state index contributed by atoms with van der Waals surface area (Å²) in [6.07, 6.45) is 3.01. The molecule has 0 aromatic carbocycles. The molecule has 1 unspecified atom stereocenters. The number of hydrogen-bond acceptors (Lipinski definition) is 6. The van der Waals surface area contributed by atoms with Gasteiger partial charge in [0, 0.05) is 16.3 Å². The summed E-state index contributed by atoms with van der Waals surface area (Å²) in [6, 6.07) is 1.69. The molecule has 2 aromatic rings. The lowest BCUT2D eigenvalue weighted by atomic mass is 9.97. The van der Waals surface area contributed by atoms with E-state index < -0.39 is 18.2 Å². The molecule has 2 aliphatic heterocycles. The molecule has 0 fully saturated rings. The van der Waals surface area contributed by atoms with Gasteiger partial charge < -0.3 is 19.5 Å². The minimum atomic E-state index is -1.45. The predicted molar refractivity (Wildman–Crippen MR) is 96.0 cm³/mol. The Morgan fingerprint density at radius 2 is 2.11 bits per heavy atom. The smallest absolute Gasteiger partial charge is 0.340 e. The van der Waals surface area contributed by atoms with Gasteiger partial charge >= 0.3 is 5.97 Å². The molecule has 138 valence electrons. The largest absolute Gasteiger partial charge is 0.458 e. The second-order valence-corrected chi connectivity index (χ2v) is 7.11. The van der Waals surface area contributed by atoms with Crippen molar-refractivity contribution in [2.24, 2.45) is 0 Å². The van der Waals surface area contributed by atoms with Gasteiger partial charge in [0.1, 0.15) is 6.61 Å². The summed E-state index contributed by atoms with van der Waals surface area (Å²) in [5.41, 5.74) is 3.70. The van der Waals surface area contributed by atoms with Gasteiger partial charge in [-0.15, -0.1) is 0 Å². The summed E-state index contributed by atoms with van der Waals surface area (Å²) >= 11 is 0. The van der Waals surface area contributed by atoms with Crippen molar-refractivity contribution >= 4 is 18.1 Å². The Bertz CT molecular complexity index is 1190. The zero-order valence-corrected chi connectivity index (χ0v) is 14.7. The standard InChI is InChI=1S/C20H18N2O5/c1-2-10-11-5-9(23)3-4-15(11)21-17-13(10)7-22-16(17)6-12-14(19(22)25)8-27-20(26)18(12)24/h4-6,9,18,23-24H,2-3,7-8H2,1H3/t9?,18-/m0/s1. The molecule has 1 aliphatic carbocycles. The van der Waals surface area contributed by atoms with Crippen molar-refractivity contribution in [2.75, 3.05) is 0 Å². The van der Waals surface area contributed by atoms with E-state index in [2.05, 4.69) is 0 Å². The highest BCUT2D eigenvalue weighted by molar-refractivity contribution is 5.79. The minimum Gasteiger partial charge on any atom is -0.458 e. The van der Waals surface area contributed by atoms with Gasteiger partial charge in [-0.05, 0) is 30.5 Å². The van der Waals surface area contributed by atoms with Gasteiger partial charge in [-0.25, -0.2) is 9.78 Å². The number of pyridine rings is 2. The molecule has 0 bridgehead atoms. The summed E-state index contributed by atoms with van der Waals surface area (Å²) in [4.78, 5) is 29.4. The van der Waals surface area contributed by atoms with Crippen molar-refractivity contribution in [3.05, 3.63) is 49.2 Å². The molecule has 3 aliphatic rings. The molecule has 0 radical (unpaired) electrons. The summed E-state index contributed by atoms with van der Waals surface area (Å²) in [6.45, 7) is 2.30. The molecular weight excluding hydrogens is 348 g/mol. The molecular formula is C20H18N2O5. The molecule has 7 nitrogen and oxygen atoms in total. The average Bonchev–Trinajstić information content (AvgIpc) is 3.02. The third-order valence-electron chi connectivity index (χ3n) is 5.62. The van der Waals surface area contributed by atoms with Crippen LogP contribution >= 0.6 is 0 Å². The van der Waals surface area contributed by atoms with Crippen LogP contribution in [-0.2, 0) is 29.1 Å². The van der Waals surface area contributed by atoms with E-state index in [1.165, 1.54) is 0 Å². The number of rotatable bonds is 1. The van der Waals surface area contributed by atoms with Gasteiger partial charge in [-0.2, -0.15) is 0 Å². The van der Waals surface area contributed by atoms with Crippen LogP contribution in [0, 0.1) is 0 Å². The minimum absolute atomic E-state index is 0.126. The maximum absolute atomic E-state index is 13.0. The van der Waals surface area contributed by atoms with E-state index in [1.54, 1.807) is 10.6 Å². The van der Waals surface area contributed by atoms with Crippen molar-refractivity contribution in [3.63, 3.8) is 0 Å². The number of nitrogens with zero attached hydrogens (tertiary/aromatic N) is 2. The van der Waals surface area contributed by atoms with E-state index in [9.17, 15) is 19.8 Å². The van der Waals surface area contributed by atoms with Crippen LogP contribution in [0.1, 0.15) is 41.7 Å². The van der Waals surface area contributed by atoms with Crippen molar-refractivity contribution in [1.82, 2.24) is 9.55 Å². The summed E-state index contributed by atoms with van der Waals surface area (Å²) < 4.78 is 6.54. The van der Waals surface area contributed by atoms with Crippen LogP contribution in [0.2, 0.25) is 0 Å². The number of esters is 1. The zero-order chi connectivity index (χ0) is 18.9. The molecule has 0 saturated heterocycles. The molecule has 7 heteroatoms. The summed E-state index contributed by atoms with van der Waals surface area (Å²) in [5.74, 6) is -0.741. The monoisotopic (exact) mass is 366 g/mol. The number of ether oxygens (including phenoxy) is 1. The lowest BCUT2D eigenvalue weighted by Gasteiger charge is -2.21. The van der Waals surface area contributed by atoms with Gasteiger partial charge in [0.15, 0.2) is 6.10 Å². The second kappa shape index (κ2) is 5.61. The third-order valence-corrected chi connectivity index (χ3v) is 5.62. The van der Waals surface area contributed by atoms with Crippen molar-refractivity contribution in [2.45, 2.75) is 45.1 Å². The number of carbonyl (C=O) groups is 1. The number of carbonyl (C=O) groups excluding carboxylic acids is 1. The maximum Gasteiger partial charge on any atom is 0.340 e. The Balaban J connectivity index is 1.82. The van der Waals surface area contributed by atoms with Crippen LogP contribution in [0.4, 0.5) is 0 Å². The van der Waals surface area contributed by atoms with Crippen LogP contribution < -0.4 is 16.1 Å².